The van der Waals surface area contributed by atoms with Gasteiger partial charge >= 0.3 is 0 Å². The molecule has 20 heavy (non-hydrogen) atoms. The lowest BCUT2D eigenvalue weighted by atomic mass is 9.78. The Bertz CT molecular complexity index is 302. The van der Waals surface area contributed by atoms with Crippen LogP contribution in [0.2, 0.25) is 0 Å². The van der Waals surface area contributed by atoms with Gasteiger partial charge in [0.1, 0.15) is 0 Å². The number of hydrogen-bond acceptors (Lipinski definition) is 3. The van der Waals surface area contributed by atoms with Crippen LogP contribution < -0.4 is 10.6 Å². The second-order valence-corrected chi connectivity index (χ2v) is 7.35. The van der Waals surface area contributed by atoms with E-state index in [2.05, 4.69) is 24.5 Å². The van der Waals surface area contributed by atoms with Crippen LogP contribution in [0.25, 0.3) is 0 Å². The van der Waals surface area contributed by atoms with Gasteiger partial charge < -0.3 is 15.4 Å². The minimum Gasteiger partial charge on any atom is -0.384 e. The Morgan fingerprint density at radius 2 is 1.95 bits per heavy atom. The van der Waals surface area contributed by atoms with Gasteiger partial charge in [0.05, 0.1) is 6.61 Å². The molecule has 0 saturated carbocycles. The van der Waals surface area contributed by atoms with Crippen molar-refractivity contribution in [3.05, 3.63) is 0 Å². The second kappa shape index (κ2) is 7.41. The minimum atomic E-state index is -0.296. The molecule has 1 rings (SSSR count). The number of carbonyl (C=O) groups excluding carboxylic acids is 1. The summed E-state index contributed by atoms with van der Waals surface area (Å²) in [7, 11) is 1.74. The average molecular weight is 284 g/mol. The van der Waals surface area contributed by atoms with Crippen molar-refractivity contribution in [2.45, 2.75) is 47.0 Å². The van der Waals surface area contributed by atoms with Gasteiger partial charge in [0.25, 0.3) is 0 Å². The van der Waals surface area contributed by atoms with Crippen molar-refractivity contribution in [2.75, 3.05) is 33.4 Å². The van der Waals surface area contributed by atoms with Crippen LogP contribution in [0.3, 0.4) is 0 Å². The first-order valence-corrected chi connectivity index (χ1v) is 7.79. The minimum absolute atomic E-state index is 0.101. The van der Waals surface area contributed by atoms with Gasteiger partial charge in [-0.05, 0) is 38.3 Å². The number of nitrogens with one attached hydrogen (secondary N) is 2. The van der Waals surface area contributed by atoms with Gasteiger partial charge in [0.2, 0.25) is 5.91 Å². The Morgan fingerprint density at radius 1 is 1.35 bits per heavy atom. The summed E-state index contributed by atoms with van der Waals surface area (Å²) in [5, 5.41) is 6.55. The number of carbonyl (C=O) groups is 1. The molecule has 1 aliphatic rings. The van der Waals surface area contributed by atoms with Crippen LogP contribution >= 0.6 is 0 Å². The molecule has 4 heteroatoms. The molecule has 118 valence electrons. The lowest BCUT2D eigenvalue weighted by Crippen LogP contribution is -2.49. The summed E-state index contributed by atoms with van der Waals surface area (Å²) in [4.78, 5) is 12.4. The normalized spacial score (nSPS) is 19.1. The van der Waals surface area contributed by atoms with Gasteiger partial charge in [-0.1, -0.05) is 27.7 Å². The van der Waals surface area contributed by atoms with Gasteiger partial charge in [-0.3, -0.25) is 4.79 Å². The van der Waals surface area contributed by atoms with E-state index in [4.69, 9.17) is 4.74 Å². The van der Waals surface area contributed by atoms with Gasteiger partial charge in [0, 0.05) is 24.5 Å². The molecule has 0 radical (unpaired) electrons. The highest BCUT2D eigenvalue weighted by atomic mass is 16.5. The van der Waals surface area contributed by atoms with Crippen LogP contribution in [0.5, 0.6) is 0 Å². The zero-order valence-electron chi connectivity index (χ0n) is 13.8. The Morgan fingerprint density at radius 3 is 2.45 bits per heavy atom. The maximum atomic E-state index is 12.4. The van der Waals surface area contributed by atoms with Crippen LogP contribution in [0.15, 0.2) is 0 Å². The Kier molecular flexibility index (Phi) is 6.46. The van der Waals surface area contributed by atoms with Gasteiger partial charge in [-0.15, -0.1) is 0 Å². The standard InChI is InChI=1S/C16H32N2O2/c1-13(2)10-15(3,4)14(19)18-11-16(12-20-5)6-8-17-9-7-16/h13,17H,6-12H2,1-5H3,(H,18,19). The van der Waals surface area contributed by atoms with Crippen molar-refractivity contribution in [3.63, 3.8) is 0 Å². The van der Waals surface area contributed by atoms with Gasteiger partial charge in [-0.25, -0.2) is 0 Å². The molecule has 1 saturated heterocycles. The third-order valence-corrected chi connectivity index (χ3v) is 4.27. The van der Waals surface area contributed by atoms with Crippen molar-refractivity contribution < 1.29 is 9.53 Å². The average Bonchev–Trinajstić information content (AvgIpc) is 2.36. The van der Waals surface area contributed by atoms with Crippen molar-refractivity contribution >= 4 is 5.91 Å². The van der Waals surface area contributed by atoms with E-state index in [1.165, 1.54) is 0 Å². The molecule has 0 unspecified atom stereocenters. The highest BCUT2D eigenvalue weighted by Gasteiger charge is 2.35. The Hall–Kier alpha value is -0.610. The first kappa shape index (κ1) is 17.4. The van der Waals surface area contributed by atoms with E-state index in [1.54, 1.807) is 7.11 Å². The predicted molar refractivity (Wildman–Crippen MR) is 82.7 cm³/mol. The van der Waals surface area contributed by atoms with Crippen LogP contribution in [0, 0.1) is 16.7 Å². The molecule has 1 aliphatic heterocycles. The molecular weight excluding hydrogens is 252 g/mol. The number of methoxy groups -OCH3 is 1. The molecule has 0 aromatic rings. The molecular formula is C16H32N2O2. The summed E-state index contributed by atoms with van der Waals surface area (Å²) in [6, 6.07) is 0. The summed E-state index contributed by atoms with van der Waals surface area (Å²) in [6.07, 6.45) is 3.04. The SMILES string of the molecule is COCC1(CNC(=O)C(C)(C)CC(C)C)CCNCC1. The molecule has 2 N–H and O–H groups in total. The smallest absolute Gasteiger partial charge is 0.225 e. The first-order chi connectivity index (χ1) is 9.31. The predicted octanol–water partition coefficient (Wildman–Crippen LogP) is 2.19. The fraction of sp³-hybridized carbons (Fsp3) is 0.938. The maximum absolute atomic E-state index is 12.4. The summed E-state index contributed by atoms with van der Waals surface area (Å²) < 4.78 is 5.39. The molecule has 0 aromatic heterocycles. The fourth-order valence-corrected chi connectivity index (χ4v) is 3.26. The zero-order valence-corrected chi connectivity index (χ0v) is 13.8. The highest BCUT2D eigenvalue weighted by Crippen LogP contribution is 2.30. The van der Waals surface area contributed by atoms with E-state index in [9.17, 15) is 4.79 Å². The molecule has 0 aromatic carbocycles. The van der Waals surface area contributed by atoms with Crippen LogP contribution in [-0.2, 0) is 9.53 Å². The molecule has 1 fully saturated rings. The Labute approximate surface area is 124 Å². The monoisotopic (exact) mass is 284 g/mol. The summed E-state index contributed by atoms with van der Waals surface area (Å²) in [6.45, 7) is 11.9. The molecule has 1 amide bonds. The lowest BCUT2D eigenvalue weighted by Gasteiger charge is -2.38. The van der Waals surface area contributed by atoms with E-state index >= 15 is 0 Å². The Balaban J connectivity index is 2.56. The van der Waals surface area contributed by atoms with Gasteiger partial charge in [-0.2, -0.15) is 0 Å². The van der Waals surface area contributed by atoms with E-state index in [-0.39, 0.29) is 16.7 Å². The molecule has 4 nitrogen and oxygen atoms in total. The summed E-state index contributed by atoms with van der Waals surface area (Å²) in [5.74, 6) is 0.697. The van der Waals surface area contributed by atoms with Crippen LogP contribution in [0.4, 0.5) is 0 Å². The molecule has 0 aliphatic carbocycles. The number of amides is 1. The van der Waals surface area contributed by atoms with Crippen molar-refractivity contribution in [1.29, 1.82) is 0 Å². The van der Waals surface area contributed by atoms with Crippen molar-refractivity contribution in [1.82, 2.24) is 10.6 Å². The molecule has 0 atom stereocenters. The van der Waals surface area contributed by atoms with Crippen molar-refractivity contribution in [3.8, 4) is 0 Å². The van der Waals surface area contributed by atoms with E-state index in [0.29, 0.717) is 5.92 Å². The van der Waals surface area contributed by atoms with Crippen LogP contribution in [-0.4, -0.2) is 39.3 Å². The molecule has 0 spiro atoms. The topological polar surface area (TPSA) is 50.4 Å². The molecule has 0 bridgehead atoms. The quantitative estimate of drug-likeness (QED) is 0.753. The summed E-state index contributed by atoms with van der Waals surface area (Å²) in [5.41, 5.74) is -0.196. The third-order valence-electron chi connectivity index (χ3n) is 4.27. The fourth-order valence-electron chi connectivity index (χ4n) is 3.26. The van der Waals surface area contributed by atoms with Gasteiger partial charge in [0.15, 0.2) is 0 Å². The van der Waals surface area contributed by atoms with E-state index < -0.39 is 0 Å². The number of piperidine rings is 1. The third kappa shape index (κ3) is 5.06. The summed E-state index contributed by atoms with van der Waals surface area (Å²) >= 11 is 0. The zero-order chi connectivity index (χ0) is 15.2. The van der Waals surface area contributed by atoms with E-state index in [0.717, 1.165) is 45.5 Å². The largest absolute Gasteiger partial charge is 0.384 e. The van der Waals surface area contributed by atoms with Crippen molar-refractivity contribution in [2.24, 2.45) is 16.7 Å². The second-order valence-electron chi connectivity index (χ2n) is 7.35. The lowest BCUT2D eigenvalue weighted by molar-refractivity contribution is -0.131. The number of rotatable bonds is 7. The van der Waals surface area contributed by atoms with E-state index in [1.807, 2.05) is 13.8 Å². The molecule has 1 heterocycles. The van der Waals surface area contributed by atoms with Crippen LogP contribution in [0.1, 0.15) is 47.0 Å². The highest BCUT2D eigenvalue weighted by molar-refractivity contribution is 5.81. The first-order valence-electron chi connectivity index (χ1n) is 7.79. The number of hydrogen-bond donors (Lipinski definition) is 2. The number of ether oxygens (including phenoxy) is 1. The maximum Gasteiger partial charge on any atom is 0.225 e.